The van der Waals surface area contributed by atoms with Crippen molar-refractivity contribution in [3.05, 3.63) is 60.2 Å². The second-order valence-corrected chi connectivity index (χ2v) is 8.11. The fourth-order valence-electron chi connectivity index (χ4n) is 1.97. The number of carbonyl (C=O) groups excluding carboxylic acids is 2. The predicted octanol–water partition coefficient (Wildman–Crippen LogP) is 2.57. The third-order valence-corrected chi connectivity index (χ3v) is 5.79. The van der Waals surface area contributed by atoms with Crippen LogP contribution < -0.4 is 10.6 Å². The quantitative estimate of drug-likeness (QED) is 0.453. The first-order valence-corrected chi connectivity index (χ1v) is 10.8. The van der Waals surface area contributed by atoms with Crippen molar-refractivity contribution in [3.8, 4) is 0 Å². The molecule has 138 valence electrons. The summed E-state index contributed by atoms with van der Waals surface area (Å²) in [5.41, 5.74) is 2.07. The molecule has 0 unspecified atom stereocenters. The molecule has 2 aromatic rings. The van der Waals surface area contributed by atoms with Crippen LogP contribution in [-0.2, 0) is 22.7 Å². The van der Waals surface area contributed by atoms with Crippen molar-refractivity contribution in [1.29, 1.82) is 0 Å². The van der Waals surface area contributed by atoms with Crippen molar-refractivity contribution in [2.45, 2.75) is 25.9 Å². The van der Waals surface area contributed by atoms with Crippen LogP contribution in [0.3, 0.4) is 0 Å². The lowest BCUT2D eigenvalue weighted by atomic mass is 10.2. The van der Waals surface area contributed by atoms with Crippen LogP contribution in [0.15, 0.2) is 49.1 Å². The SMILES string of the molecule is O=C(CCSSCCC(=O)NCc1ccncc1)NCc1ccncc1. The summed E-state index contributed by atoms with van der Waals surface area (Å²) >= 11 is 0. The number of aromatic nitrogens is 2. The Morgan fingerprint density at radius 2 is 1.12 bits per heavy atom. The largest absolute Gasteiger partial charge is 0.352 e. The van der Waals surface area contributed by atoms with E-state index < -0.39 is 0 Å². The number of pyridine rings is 2. The number of carbonyl (C=O) groups is 2. The highest BCUT2D eigenvalue weighted by molar-refractivity contribution is 8.76. The lowest BCUT2D eigenvalue weighted by molar-refractivity contribution is -0.121. The van der Waals surface area contributed by atoms with Crippen LogP contribution in [0.5, 0.6) is 0 Å². The van der Waals surface area contributed by atoms with Crippen molar-refractivity contribution in [2.24, 2.45) is 0 Å². The van der Waals surface area contributed by atoms with Gasteiger partial charge in [0.2, 0.25) is 11.8 Å². The van der Waals surface area contributed by atoms with Crippen LogP contribution in [0.4, 0.5) is 0 Å². The van der Waals surface area contributed by atoms with Crippen LogP contribution in [0.25, 0.3) is 0 Å². The normalized spacial score (nSPS) is 10.3. The molecule has 0 radical (unpaired) electrons. The molecule has 0 saturated carbocycles. The van der Waals surface area contributed by atoms with E-state index in [1.165, 1.54) is 0 Å². The molecule has 8 heteroatoms. The molecule has 2 amide bonds. The van der Waals surface area contributed by atoms with Crippen molar-refractivity contribution < 1.29 is 9.59 Å². The maximum atomic E-state index is 11.8. The van der Waals surface area contributed by atoms with Crippen molar-refractivity contribution in [2.75, 3.05) is 11.5 Å². The fraction of sp³-hybridized carbons (Fsp3) is 0.333. The van der Waals surface area contributed by atoms with Gasteiger partial charge in [0.05, 0.1) is 0 Å². The number of hydrogen-bond acceptors (Lipinski definition) is 6. The van der Waals surface area contributed by atoms with Gasteiger partial charge in [0.25, 0.3) is 0 Å². The van der Waals surface area contributed by atoms with E-state index in [1.807, 2.05) is 24.3 Å². The van der Waals surface area contributed by atoms with E-state index in [1.54, 1.807) is 46.4 Å². The third kappa shape index (κ3) is 8.87. The number of nitrogens with one attached hydrogen (secondary N) is 2. The summed E-state index contributed by atoms with van der Waals surface area (Å²) in [4.78, 5) is 31.4. The van der Waals surface area contributed by atoms with Gasteiger partial charge in [-0.05, 0) is 35.4 Å². The Morgan fingerprint density at radius 1 is 0.731 bits per heavy atom. The summed E-state index contributed by atoms with van der Waals surface area (Å²) in [5.74, 6) is 1.52. The van der Waals surface area contributed by atoms with Gasteiger partial charge in [-0.15, -0.1) is 0 Å². The molecule has 0 fully saturated rings. The van der Waals surface area contributed by atoms with Gasteiger partial charge in [-0.3, -0.25) is 19.6 Å². The maximum absolute atomic E-state index is 11.8. The molecule has 0 saturated heterocycles. The van der Waals surface area contributed by atoms with Crippen LogP contribution in [-0.4, -0.2) is 33.3 Å². The maximum Gasteiger partial charge on any atom is 0.221 e. The predicted molar refractivity (Wildman–Crippen MR) is 106 cm³/mol. The molecule has 0 bridgehead atoms. The average molecular weight is 391 g/mol. The zero-order valence-corrected chi connectivity index (χ0v) is 16.0. The minimum Gasteiger partial charge on any atom is -0.352 e. The van der Waals surface area contributed by atoms with Gasteiger partial charge in [-0.1, -0.05) is 21.6 Å². The number of hydrogen-bond donors (Lipinski definition) is 2. The molecule has 0 aliphatic heterocycles. The summed E-state index contributed by atoms with van der Waals surface area (Å²) < 4.78 is 0. The zero-order chi connectivity index (χ0) is 18.5. The van der Waals surface area contributed by atoms with E-state index in [0.29, 0.717) is 25.9 Å². The fourth-order valence-corrected chi connectivity index (χ4v) is 3.95. The standard InChI is InChI=1S/C18H22N4O2S2/c23-17(21-13-15-1-7-19-8-2-15)5-11-25-26-12-6-18(24)22-14-16-3-9-20-10-4-16/h1-4,7-10H,5-6,11-14H2,(H,21,23)(H,22,24). The minimum atomic E-state index is 0.0324. The monoisotopic (exact) mass is 390 g/mol. The summed E-state index contributed by atoms with van der Waals surface area (Å²) in [5, 5.41) is 5.77. The molecular weight excluding hydrogens is 368 g/mol. The average Bonchev–Trinajstić information content (AvgIpc) is 2.69. The Labute approximate surface area is 161 Å². The van der Waals surface area contributed by atoms with Gasteiger partial charge in [0.1, 0.15) is 0 Å². The molecule has 2 aromatic heterocycles. The van der Waals surface area contributed by atoms with Crippen LogP contribution in [0.2, 0.25) is 0 Å². The molecule has 2 rings (SSSR count). The Balaban J connectivity index is 1.45. The Bertz CT molecular complexity index is 612. The Morgan fingerprint density at radius 3 is 1.50 bits per heavy atom. The lowest BCUT2D eigenvalue weighted by Gasteiger charge is -2.06. The lowest BCUT2D eigenvalue weighted by Crippen LogP contribution is -2.23. The van der Waals surface area contributed by atoms with Crippen LogP contribution in [0.1, 0.15) is 24.0 Å². The summed E-state index contributed by atoms with van der Waals surface area (Å²) in [6.07, 6.45) is 7.78. The number of amides is 2. The second kappa shape index (κ2) is 12.3. The molecule has 0 atom stereocenters. The van der Waals surface area contributed by atoms with Gasteiger partial charge in [-0.2, -0.15) is 0 Å². The Kier molecular flexibility index (Phi) is 9.60. The highest BCUT2D eigenvalue weighted by atomic mass is 33.1. The smallest absolute Gasteiger partial charge is 0.221 e. The molecule has 26 heavy (non-hydrogen) atoms. The summed E-state index contributed by atoms with van der Waals surface area (Å²) in [6.45, 7) is 1.05. The highest BCUT2D eigenvalue weighted by Crippen LogP contribution is 2.22. The second-order valence-electron chi connectivity index (χ2n) is 5.41. The molecule has 0 aliphatic carbocycles. The van der Waals surface area contributed by atoms with Crippen LogP contribution >= 0.6 is 21.6 Å². The first kappa shape index (κ1) is 20.3. The topological polar surface area (TPSA) is 84.0 Å². The van der Waals surface area contributed by atoms with E-state index >= 15 is 0 Å². The van der Waals surface area contributed by atoms with Crippen molar-refractivity contribution in [3.63, 3.8) is 0 Å². The number of rotatable bonds is 11. The first-order valence-electron chi connectivity index (χ1n) is 8.29. The van der Waals surface area contributed by atoms with E-state index in [4.69, 9.17) is 0 Å². The van der Waals surface area contributed by atoms with Gasteiger partial charge in [0, 0.05) is 62.2 Å². The van der Waals surface area contributed by atoms with E-state index in [9.17, 15) is 9.59 Å². The van der Waals surface area contributed by atoms with E-state index in [0.717, 1.165) is 22.6 Å². The van der Waals surface area contributed by atoms with E-state index in [2.05, 4.69) is 20.6 Å². The summed E-state index contributed by atoms with van der Waals surface area (Å²) in [7, 11) is 3.23. The molecule has 6 nitrogen and oxygen atoms in total. The third-order valence-electron chi connectivity index (χ3n) is 3.39. The molecule has 0 spiro atoms. The van der Waals surface area contributed by atoms with Crippen molar-refractivity contribution >= 4 is 33.4 Å². The van der Waals surface area contributed by atoms with Crippen molar-refractivity contribution in [1.82, 2.24) is 20.6 Å². The van der Waals surface area contributed by atoms with Gasteiger partial charge in [0.15, 0.2) is 0 Å². The zero-order valence-electron chi connectivity index (χ0n) is 14.4. The molecule has 0 aromatic carbocycles. The van der Waals surface area contributed by atoms with E-state index in [-0.39, 0.29) is 11.8 Å². The van der Waals surface area contributed by atoms with Gasteiger partial charge >= 0.3 is 0 Å². The molecule has 0 aliphatic rings. The first-order chi connectivity index (χ1) is 12.7. The molecular formula is C18H22N4O2S2. The Hall–Kier alpha value is -2.06. The summed E-state index contributed by atoms with van der Waals surface area (Å²) in [6, 6.07) is 7.52. The molecule has 2 heterocycles. The minimum absolute atomic E-state index is 0.0324. The number of nitrogens with zero attached hydrogens (tertiary/aromatic N) is 2. The van der Waals surface area contributed by atoms with Gasteiger partial charge < -0.3 is 10.6 Å². The highest BCUT2D eigenvalue weighted by Gasteiger charge is 2.04. The van der Waals surface area contributed by atoms with Gasteiger partial charge in [-0.25, -0.2) is 0 Å². The van der Waals surface area contributed by atoms with Crippen LogP contribution in [0, 0.1) is 0 Å². The molecule has 2 N–H and O–H groups in total.